The molecule has 0 bridgehead atoms. The zero-order chi connectivity index (χ0) is 22.7. The highest BCUT2D eigenvalue weighted by Crippen LogP contribution is 2.32. The van der Waals surface area contributed by atoms with E-state index in [-0.39, 0.29) is 11.9 Å². The number of carbonyl (C=O) groups is 1. The van der Waals surface area contributed by atoms with Crippen molar-refractivity contribution in [3.05, 3.63) is 60.4 Å². The first-order valence-corrected chi connectivity index (χ1v) is 9.75. The van der Waals surface area contributed by atoms with Crippen LogP contribution in [0.5, 0.6) is 0 Å². The summed E-state index contributed by atoms with van der Waals surface area (Å²) in [5.41, 5.74) is 2.42. The third-order valence-corrected chi connectivity index (χ3v) is 4.80. The first-order valence-electron chi connectivity index (χ1n) is 9.75. The molecular formula is C22H18F3N5O2. The fraction of sp³-hybridized carbons (Fsp3) is 0.182. The monoisotopic (exact) mass is 441 g/mol. The summed E-state index contributed by atoms with van der Waals surface area (Å²) in [4.78, 5) is 26.3. The third-order valence-electron chi connectivity index (χ3n) is 4.80. The minimum absolute atomic E-state index is 0.0755. The lowest BCUT2D eigenvalue weighted by Gasteiger charge is -2.06. The lowest BCUT2D eigenvalue weighted by atomic mass is 10.1. The van der Waals surface area contributed by atoms with E-state index < -0.39 is 17.7 Å². The van der Waals surface area contributed by atoms with E-state index in [2.05, 4.69) is 25.3 Å². The number of alkyl halides is 3. The molecule has 4 aromatic rings. The number of aliphatic carboxylic acids is 1. The van der Waals surface area contributed by atoms with Crippen LogP contribution >= 0.6 is 0 Å². The van der Waals surface area contributed by atoms with E-state index in [0.29, 0.717) is 30.3 Å². The molecule has 2 aromatic carbocycles. The van der Waals surface area contributed by atoms with E-state index in [0.717, 1.165) is 28.8 Å². The molecule has 0 fully saturated rings. The number of hydrogen-bond acceptors (Lipinski definition) is 5. The summed E-state index contributed by atoms with van der Waals surface area (Å²) in [5, 5.41) is 11.6. The summed E-state index contributed by atoms with van der Waals surface area (Å²) in [6.07, 6.45) is -0.559. The number of nitrogens with one attached hydrogen (secondary N) is 2. The number of H-pyrrole nitrogens is 1. The van der Waals surface area contributed by atoms with Crippen LogP contribution in [0.2, 0.25) is 0 Å². The van der Waals surface area contributed by atoms with Crippen LogP contribution in [0.3, 0.4) is 0 Å². The number of benzene rings is 2. The highest BCUT2D eigenvalue weighted by molar-refractivity contribution is 5.80. The van der Waals surface area contributed by atoms with Gasteiger partial charge in [0.05, 0.1) is 16.6 Å². The summed E-state index contributed by atoms with van der Waals surface area (Å²) in [5.74, 6) is 0.0412. The van der Waals surface area contributed by atoms with Crippen molar-refractivity contribution in [1.29, 1.82) is 0 Å². The van der Waals surface area contributed by atoms with Gasteiger partial charge in [-0.05, 0) is 30.2 Å². The van der Waals surface area contributed by atoms with Crippen LogP contribution in [0.1, 0.15) is 18.4 Å². The predicted octanol–water partition coefficient (Wildman–Crippen LogP) is 4.98. The Hall–Kier alpha value is -3.95. The van der Waals surface area contributed by atoms with Gasteiger partial charge in [0.1, 0.15) is 5.82 Å². The lowest BCUT2D eigenvalue weighted by molar-refractivity contribution is -0.138. The Morgan fingerprint density at radius 1 is 1.00 bits per heavy atom. The molecule has 4 rings (SSSR count). The number of fused-ring (bicyclic) bond motifs is 1. The number of rotatable bonds is 7. The summed E-state index contributed by atoms with van der Waals surface area (Å²) in [6.45, 7) is 0.461. The molecule has 0 aliphatic carbocycles. The molecule has 7 nitrogen and oxygen atoms in total. The Labute approximate surface area is 180 Å². The minimum Gasteiger partial charge on any atom is -0.481 e. The molecule has 0 radical (unpaired) electrons. The van der Waals surface area contributed by atoms with Crippen LogP contribution < -0.4 is 5.32 Å². The van der Waals surface area contributed by atoms with Gasteiger partial charge in [-0.15, -0.1) is 0 Å². The SMILES string of the molecule is O=C(O)CCCNc1ncc(-c2ccc(-c3nc4cc(C(F)(F)F)ccc4[nH]3)cc2)cn1. The van der Waals surface area contributed by atoms with Crippen molar-refractivity contribution in [3.8, 4) is 22.5 Å². The van der Waals surface area contributed by atoms with Gasteiger partial charge in [-0.1, -0.05) is 24.3 Å². The van der Waals surface area contributed by atoms with E-state index in [4.69, 9.17) is 5.11 Å². The van der Waals surface area contributed by atoms with Crippen molar-refractivity contribution in [2.45, 2.75) is 19.0 Å². The lowest BCUT2D eigenvalue weighted by Crippen LogP contribution is -2.07. The Balaban J connectivity index is 1.46. The number of nitrogens with zero attached hydrogens (tertiary/aromatic N) is 3. The Morgan fingerprint density at radius 3 is 2.34 bits per heavy atom. The smallest absolute Gasteiger partial charge is 0.416 e. The molecular weight excluding hydrogens is 423 g/mol. The van der Waals surface area contributed by atoms with Crippen molar-refractivity contribution >= 4 is 23.0 Å². The quantitative estimate of drug-likeness (QED) is 0.350. The highest BCUT2D eigenvalue weighted by Gasteiger charge is 2.30. The average molecular weight is 441 g/mol. The molecule has 0 spiro atoms. The van der Waals surface area contributed by atoms with Crippen LogP contribution in [0, 0.1) is 0 Å². The van der Waals surface area contributed by atoms with Gasteiger partial charge in [0.25, 0.3) is 0 Å². The second kappa shape index (κ2) is 8.66. The van der Waals surface area contributed by atoms with E-state index in [1.165, 1.54) is 6.07 Å². The fourth-order valence-corrected chi connectivity index (χ4v) is 3.15. The van der Waals surface area contributed by atoms with Crippen LogP contribution in [0.25, 0.3) is 33.5 Å². The van der Waals surface area contributed by atoms with E-state index in [1.807, 2.05) is 24.3 Å². The van der Waals surface area contributed by atoms with Crippen LogP contribution in [0.4, 0.5) is 19.1 Å². The molecule has 0 aliphatic heterocycles. The molecule has 0 saturated heterocycles. The second-order valence-corrected chi connectivity index (χ2v) is 7.11. The maximum Gasteiger partial charge on any atom is 0.416 e. The van der Waals surface area contributed by atoms with E-state index in [1.54, 1.807) is 12.4 Å². The van der Waals surface area contributed by atoms with Crippen molar-refractivity contribution in [2.24, 2.45) is 0 Å². The molecule has 164 valence electrons. The first-order chi connectivity index (χ1) is 15.3. The van der Waals surface area contributed by atoms with Crippen molar-refractivity contribution < 1.29 is 23.1 Å². The molecule has 0 atom stereocenters. The normalized spacial score (nSPS) is 11.6. The zero-order valence-corrected chi connectivity index (χ0v) is 16.6. The van der Waals surface area contributed by atoms with Gasteiger partial charge in [0.15, 0.2) is 0 Å². The molecule has 0 aliphatic rings. The topological polar surface area (TPSA) is 104 Å². The Kier molecular flexibility index (Phi) is 5.76. The van der Waals surface area contributed by atoms with Gasteiger partial charge in [0, 0.05) is 36.5 Å². The number of carboxylic acids is 1. The second-order valence-electron chi connectivity index (χ2n) is 7.11. The maximum absolute atomic E-state index is 12.9. The molecule has 3 N–H and O–H groups in total. The number of aromatic nitrogens is 4. The van der Waals surface area contributed by atoms with Gasteiger partial charge >= 0.3 is 12.1 Å². The molecule has 0 unspecified atom stereocenters. The molecule has 2 aromatic heterocycles. The van der Waals surface area contributed by atoms with Crippen LogP contribution in [-0.2, 0) is 11.0 Å². The largest absolute Gasteiger partial charge is 0.481 e. The third kappa shape index (κ3) is 4.85. The maximum atomic E-state index is 12.9. The first kappa shape index (κ1) is 21.3. The number of carboxylic acid groups (broad SMARTS) is 1. The van der Waals surface area contributed by atoms with Crippen LogP contribution in [0.15, 0.2) is 54.9 Å². The minimum atomic E-state index is -4.42. The van der Waals surface area contributed by atoms with Gasteiger partial charge in [-0.2, -0.15) is 13.2 Å². The summed E-state index contributed by atoms with van der Waals surface area (Å²) in [6, 6.07) is 10.8. The summed E-state index contributed by atoms with van der Waals surface area (Å²) < 4.78 is 38.7. The van der Waals surface area contributed by atoms with Gasteiger partial charge < -0.3 is 15.4 Å². The molecule has 2 heterocycles. The predicted molar refractivity (Wildman–Crippen MR) is 113 cm³/mol. The zero-order valence-electron chi connectivity index (χ0n) is 16.6. The summed E-state index contributed by atoms with van der Waals surface area (Å²) in [7, 11) is 0. The molecule has 10 heteroatoms. The van der Waals surface area contributed by atoms with Crippen molar-refractivity contribution in [1.82, 2.24) is 19.9 Å². The van der Waals surface area contributed by atoms with Crippen molar-refractivity contribution in [2.75, 3.05) is 11.9 Å². The van der Waals surface area contributed by atoms with E-state index in [9.17, 15) is 18.0 Å². The molecule has 0 saturated carbocycles. The number of aromatic amines is 1. The number of imidazole rings is 1. The number of anilines is 1. The Bertz CT molecular complexity index is 1240. The standard InChI is InChI=1S/C22H18F3N5O2/c23-22(24,25)16-7-8-17-18(10-16)30-20(29-17)14-5-3-13(4-6-14)15-11-27-21(28-12-15)26-9-1-2-19(31)32/h3-8,10-12H,1-2,9H2,(H,29,30)(H,31,32)(H,26,27,28). The van der Waals surface area contributed by atoms with Crippen molar-refractivity contribution in [3.63, 3.8) is 0 Å². The number of halogens is 3. The molecule has 32 heavy (non-hydrogen) atoms. The van der Waals surface area contributed by atoms with Gasteiger partial charge in [0.2, 0.25) is 5.95 Å². The number of hydrogen-bond donors (Lipinski definition) is 3. The fourth-order valence-electron chi connectivity index (χ4n) is 3.15. The van der Waals surface area contributed by atoms with Gasteiger partial charge in [-0.25, -0.2) is 15.0 Å². The van der Waals surface area contributed by atoms with E-state index >= 15 is 0 Å². The Morgan fingerprint density at radius 2 is 1.69 bits per heavy atom. The highest BCUT2D eigenvalue weighted by atomic mass is 19.4. The van der Waals surface area contributed by atoms with Gasteiger partial charge in [-0.3, -0.25) is 4.79 Å². The molecule has 0 amide bonds. The van der Waals surface area contributed by atoms with Crippen LogP contribution in [-0.4, -0.2) is 37.6 Å². The summed E-state index contributed by atoms with van der Waals surface area (Å²) >= 11 is 0. The average Bonchev–Trinajstić information content (AvgIpc) is 3.20.